The van der Waals surface area contributed by atoms with E-state index in [0.717, 1.165) is 17.4 Å². The zero-order chi connectivity index (χ0) is 17.1. The molecule has 6 heteroatoms. The maximum atomic E-state index is 12.4. The SMILES string of the molecule is Cc1c(C(=O)CC(C)C)c(O)n(CC2CCCO2)c(=O)c1C#N. The molecule has 0 aromatic carbocycles. The number of rotatable bonds is 5. The number of Topliss-reactive ketones (excluding diaryl/α,β-unsaturated/α-hetero) is 1. The van der Waals surface area contributed by atoms with Crippen molar-refractivity contribution in [2.75, 3.05) is 6.61 Å². The van der Waals surface area contributed by atoms with Crippen LogP contribution in [0.25, 0.3) is 0 Å². The third kappa shape index (κ3) is 3.45. The lowest BCUT2D eigenvalue weighted by atomic mass is 9.96. The maximum absolute atomic E-state index is 12.4. The monoisotopic (exact) mass is 318 g/mol. The van der Waals surface area contributed by atoms with Crippen molar-refractivity contribution in [1.29, 1.82) is 5.26 Å². The molecule has 0 radical (unpaired) electrons. The van der Waals surface area contributed by atoms with Crippen LogP contribution in [0.1, 0.15) is 54.6 Å². The fourth-order valence-electron chi connectivity index (χ4n) is 2.92. The van der Waals surface area contributed by atoms with Gasteiger partial charge in [0.05, 0.1) is 18.2 Å². The van der Waals surface area contributed by atoms with E-state index in [1.807, 2.05) is 19.9 Å². The van der Waals surface area contributed by atoms with Crippen LogP contribution in [0, 0.1) is 24.2 Å². The van der Waals surface area contributed by atoms with Gasteiger partial charge >= 0.3 is 0 Å². The van der Waals surface area contributed by atoms with Crippen molar-refractivity contribution in [3.63, 3.8) is 0 Å². The molecule has 1 atom stereocenters. The van der Waals surface area contributed by atoms with Crippen molar-refractivity contribution in [1.82, 2.24) is 4.57 Å². The Kier molecular flexibility index (Phi) is 5.22. The third-order valence-electron chi connectivity index (χ3n) is 4.08. The first-order chi connectivity index (χ1) is 10.9. The van der Waals surface area contributed by atoms with E-state index in [4.69, 9.17) is 4.74 Å². The van der Waals surface area contributed by atoms with Crippen molar-refractivity contribution < 1.29 is 14.6 Å². The van der Waals surface area contributed by atoms with Gasteiger partial charge < -0.3 is 9.84 Å². The number of pyridine rings is 1. The van der Waals surface area contributed by atoms with E-state index < -0.39 is 5.56 Å². The summed E-state index contributed by atoms with van der Waals surface area (Å²) in [5, 5.41) is 19.8. The zero-order valence-corrected chi connectivity index (χ0v) is 13.8. The molecule has 6 nitrogen and oxygen atoms in total. The molecule has 1 aliphatic rings. The Balaban J connectivity index is 2.55. The van der Waals surface area contributed by atoms with E-state index in [1.54, 1.807) is 0 Å². The molecule has 1 aromatic rings. The highest BCUT2D eigenvalue weighted by Crippen LogP contribution is 2.26. The quantitative estimate of drug-likeness (QED) is 0.840. The minimum Gasteiger partial charge on any atom is -0.494 e. The summed E-state index contributed by atoms with van der Waals surface area (Å²) in [6.07, 6.45) is 1.76. The van der Waals surface area contributed by atoms with Crippen LogP contribution in [-0.2, 0) is 11.3 Å². The van der Waals surface area contributed by atoms with Gasteiger partial charge in [0.25, 0.3) is 5.56 Å². The number of aromatic nitrogens is 1. The second kappa shape index (κ2) is 6.97. The topological polar surface area (TPSA) is 92.3 Å². The highest BCUT2D eigenvalue weighted by Gasteiger charge is 2.26. The number of hydrogen-bond acceptors (Lipinski definition) is 5. The van der Waals surface area contributed by atoms with Gasteiger partial charge in [0, 0.05) is 13.0 Å². The maximum Gasteiger partial charge on any atom is 0.271 e. The Morgan fingerprint density at radius 1 is 1.52 bits per heavy atom. The molecule has 124 valence electrons. The molecule has 1 aromatic heterocycles. The van der Waals surface area contributed by atoms with Crippen LogP contribution in [0.3, 0.4) is 0 Å². The molecule has 0 aliphatic carbocycles. The number of nitriles is 1. The standard InChI is InChI=1S/C17H22N2O4/c1-10(2)7-14(20)15-11(3)13(8-18)16(21)19(17(15)22)9-12-5-4-6-23-12/h10,12,22H,4-7,9H2,1-3H3. The second-order valence-corrected chi connectivity index (χ2v) is 6.38. The number of hydrogen-bond donors (Lipinski definition) is 1. The molecule has 1 N–H and O–H groups in total. The molecule has 0 spiro atoms. The van der Waals surface area contributed by atoms with Gasteiger partial charge in [-0.3, -0.25) is 14.2 Å². The normalized spacial score (nSPS) is 17.4. The van der Waals surface area contributed by atoms with Gasteiger partial charge in [0.1, 0.15) is 11.6 Å². The first-order valence-corrected chi connectivity index (χ1v) is 7.88. The molecule has 0 bridgehead atoms. The Morgan fingerprint density at radius 3 is 2.74 bits per heavy atom. The Hall–Kier alpha value is -2.13. The molecule has 0 amide bonds. The van der Waals surface area contributed by atoms with E-state index in [2.05, 4.69) is 0 Å². The molecule has 1 saturated heterocycles. The lowest BCUT2D eigenvalue weighted by Crippen LogP contribution is -2.30. The third-order valence-corrected chi connectivity index (χ3v) is 4.08. The average molecular weight is 318 g/mol. The molecule has 1 unspecified atom stereocenters. The summed E-state index contributed by atoms with van der Waals surface area (Å²) in [6.45, 7) is 6.11. The summed E-state index contributed by atoms with van der Waals surface area (Å²) in [5.41, 5.74) is -0.330. The van der Waals surface area contributed by atoms with Crippen LogP contribution < -0.4 is 5.56 Å². The van der Waals surface area contributed by atoms with Crippen molar-refractivity contribution in [3.8, 4) is 11.9 Å². The van der Waals surface area contributed by atoms with Gasteiger partial charge in [-0.15, -0.1) is 0 Å². The summed E-state index contributed by atoms with van der Waals surface area (Å²) in [7, 11) is 0. The van der Waals surface area contributed by atoms with Gasteiger partial charge in [-0.2, -0.15) is 5.26 Å². The van der Waals surface area contributed by atoms with Gasteiger partial charge in [-0.25, -0.2) is 0 Å². The molecule has 2 rings (SSSR count). The number of aromatic hydroxyl groups is 1. The fraction of sp³-hybridized carbons (Fsp3) is 0.588. The molecule has 23 heavy (non-hydrogen) atoms. The summed E-state index contributed by atoms with van der Waals surface area (Å²) in [4.78, 5) is 24.9. The van der Waals surface area contributed by atoms with Crippen molar-refractivity contribution in [3.05, 3.63) is 27.0 Å². The predicted octanol–water partition coefficient (Wildman–Crippen LogP) is 2.14. The number of ether oxygens (including phenoxy) is 1. The summed E-state index contributed by atoms with van der Waals surface area (Å²) in [5.74, 6) is -0.495. The molecular weight excluding hydrogens is 296 g/mol. The van der Waals surface area contributed by atoms with Crippen LogP contribution in [0.4, 0.5) is 0 Å². The van der Waals surface area contributed by atoms with E-state index >= 15 is 0 Å². The minimum absolute atomic E-state index is 0.0767. The number of carbonyl (C=O) groups is 1. The van der Waals surface area contributed by atoms with Crippen molar-refractivity contribution in [2.45, 2.75) is 52.7 Å². The molecule has 1 aliphatic heterocycles. The Bertz CT molecular complexity index is 707. The number of nitrogens with zero attached hydrogens (tertiary/aromatic N) is 2. The lowest BCUT2D eigenvalue weighted by molar-refractivity contribution is 0.0916. The summed E-state index contributed by atoms with van der Waals surface area (Å²) in [6, 6.07) is 1.87. The highest BCUT2D eigenvalue weighted by atomic mass is 16.5. The molecule has 0 saturated carbocycles. The van der Waals surface area contributed by atoms with Crippen molar-refractivity contribution in [2.24, 2.45) is 5.92 Å². The first-order valence-electron chi connectivity index (χ1n) is 7.88. The van der Waals surface area contributed by atoms with Crippen LogP contribution in [0.2, 0.25) is 0 Å². The summed E-state index contributed by atoms with van der Waals surface area (Å²) >= 11 is 0. The minimum atomic E-state index is -0.570. The number of ketones is 1. The van der Waals surface area contributed by atoms with Gasteiger partial charge in [-0.1, -0.05) is 13.8 Å². The molecule has 2 heterocycles. The highest BCUT2D eigenvalue weighted by molar-refractivity contribution is 6.00. The Morgan fingerprint density at radius 2 is 2.22 bits per heavy atom. The smallest absolute Gasteiger partial charge is 0.271 e. The lowest BCUT2D eigenvalue weighted by Gasteiger charge is -2.18. The summed E-state index contributed by atoms with van der Waals surface area (Å²) < 4.78 is 6.60. The van der Waals surface area contributed by atoms with Crippen LogP contribution in [0.15, 0.2) is 4.79 Å². The first kappa shape index (κ1) is 17.2. The van der Waals surface area contributed by atoms with Crippen LogP contribution in [0.5, 0.6) is 5.88 Å². The zero-order valence-electron chi connectivity index (χ0n) is 13.8. The van der Waals surface area contributed by atoms with Gasteiger partial charge in [0.15, 0.2) is 5.78 Å². The predicted molar refractivity (Wildman–Crippen MR) is 84.6 cm³/mol. The largest absolute Gasteiger partial charge is 0.494 e. The van der Waals surface area contributed by atoms with Crippen molar-refractivity contribution >= 4 is 5.78 Å². The van der Waals surface area contributed by atoms with E-state index in [9.17, 15) is 20.0 Å². The number of carbonyl (C=O) groups excluding carboxylic acids is 1. The van der Waals surface area contributed by atoms with Gasteiger partial charge in [-0.05, 0) is 31.2 Å². The second-order valence-electron chi connectivity index (χ2n) is 6.38. The molecular formula is C17H22N2O4. The fourth-order valence-corrected chi connectivity index (χ4v) is 2.92. The van der Waals surface area contributed by atoms with Crippen LogP contribution >= 0.6 is 0 Å². The molecule has 1 fully saturated rings. The average Bonchev–Trinajstić information content (AvgIpc) is 2.96. The van der Waals surface area contributed by atoms with E-state index in [1.165, 1.54) is 6.92 Å². The Labute approximate surface area is 135 Å². The van der Waals surface area contributed by atoms with E-state index in [0.29, 0.717) is 6.61 Å². The van der Waals surface area contributed by atoms with Gasteiger partial charge in [0.2, 0.25) is 5.88 Å². The van der Waals surface area contributed by atoms with E-state index in [-0.39, 0.29) is 53.3 Å². The van der Waals surface area contributed by atoms with Crippen LogP contribution in [-0.4, -0.2) is 28.2 Å².